The molecule has 0 bridgehead atoms. The molecule has 110 valence electrons. The summed E-state index contributed by atoms with van der Waals surface area (Å²) in [7, 11) is 0. The van der Waals surface area contributed by atoms with Crippen molar-refractivity contribution < 1.29 is 14.4 Å². The maximum absolute atomic E-state index is 12.3. The Bertz CT molecular complexity index is 557. The zero-order valence-corrected chi connectivity index (χ0v) is 11.7. The molecule has 0 aliphatic carbocycles. The van der Waals surface area contributed by atoms with E-state index in [2.05, 4.69) is 4.98 Å². The molecule has 1 aromatic heterocycles. The molecule has 3 rings (SSSR count). The van der Waals surface area contributed by atoms with E-state index in [9.17, 15) is 14.4 Å². The molecule has 2 aliphatic rings. The highest BCUT2D eigenvalue weighted by Crippen LogP contribution is 2.20. The molecular formula is C15H17N3O3. The van der Waals surface area contributed by atoms with Crippen molar-refractivity contribution >= 4 is 17.7 Å². The molecule has 0 spiro atoms. The molecule has 6 nitrogen and oxygen atoms in total. The van der Waals surface area contributed by atoms with E-state index in [-0.39, 0.29) is 23.7 Å². The van der Waals surface area contributed by atoms with Crippen molar-refractivity contribution in [1.29, 1.82) is 0 Å². The zero-order chi connectivity index (χ0) is 14.8. The molecule has 0 N–H and O–H groups in total. The SMILES string of the molecule is O=C(CN1C(=O)c2cccnc2C1=O)N1CCCCCC1. The summed E-state index contributed by atoms with van der Waals surface area (Å²) in [5, 5.41) is 0. The number of carbonyl (C=O) groups is 3. The standard InChI is InChI=1S/C15H17N3O3/c19-12(17-8-3-1-2-4-9-17)10-18-14(20)11-6-5-7-16-13(11)15(18)21/h5-7H,1-4,8-10H2. The summed E-state index contributed by atoms with van der Waals surface area (Å²) < 4.78 is 0. The average Bonchev–Trinajstić information content (AvgIpc) is 2.72. The number of pyridine rings is 1. The highest BCUT2D eigenvalue weighted by Gasteiger charge is 2.38. The Balaban J connectivity index is 1.72. The van der Waals surface area contributed by atoms with Crippen LogP contribution in [-0.4, -0.2) is 52.1 Å². The normalized spacial score (nSPS) is 18.7. The lowest BCUT2D eigenvalue weighted by molar-refractivity contribution is -0.131. The van der Waals surface area contributed by atoms with Crippen molar-refractivity contribution in [1.82, 2.24) is 14.8 Å². The monoisotopic (exact) mass is 287 g/mol. The quantitative estimate of drug-likeness (QED) is 0.763. The van der Waals surface area contributed by atoms with Gasteiger partial charge in [-0.3, -0.25) is 24.3 Å². The molecule has 1 fully saturated rings. The zero-order valence-electron chi connectivity index (χ0n) is 11.7. The van der Waals surface area contributed by atoms with Gasteiger partial charge in [0, 0.05) is 19.3 Å². The third kappa shape index (κ3) is 2.53. The van der Waals surface area contributed by atoms with E-state index in [0.29, 0.717) is 13.1 Å². The maximum atomic E-state index is 12.3. The second-order valence-electron chi connectivity index (χ2n) is 5.39. The van der Waals surface area contributed by atoms with Crippen molar-refractivity contribution in [2.75, 3.05) is 19.6 Å². The van der Waals surface area contributed by atoms with E-state index in [1.165, 1.54) is 6.20 Å². The van der Waals surface area contributed by atoms with Crippen molar-refractivity contribution in [2.45, 2.75) is 25.7 Å². The van der Waals surface area contributed by atoms with Crippen LogP contribution in [-0.2, 0) is 4.79 Å². The first kappa shape index (κ1) is 13.7. The van der Waals surface area contributed by atoms with Gasteiger partial charge in [0.2, 0.25) is 5.91 Å². The van der Waals surface area contributed by atoms with E-state index in [4.69, 9.17) is 0 Å². The Morgan fingerprint density at radius 1 is 1.10 bits per heavy atom. The minimum Gasteiger partial charge on any atom is -0.341 e. The summed E-state index contributed by atoms with van der Waals surface area (Å²) in [5.41, 5.74) is 0.428. The molecule has 21 heavy (non-hydrogen) atoms. The number of hydrogen-bond donors (Lipinski definition) is 0. The van der Waals surface area contributed by atoms with Gasteiger partial charge in [-0.05, 0) is 25.0 Å². The van der Waals surface area contributed by atoms with Crippen LogP contribution in [0.4, 0.5) is 0 Å². The van der Waals surface area contributed by atoms with Crippen LogP contribution in [0.5, 0.6) is 0 Å². The Morgan fingerprint density at radius 3 is 2.48 bits per heavy atom. The Hall–Kier alpha value is -2.24. The molecule has 0 aromatic carbocycles. The summed E-state index contributed by atoms with van der Waals surface area (Å²) >= 11 is 0. The molecule has 2 aliphatic heterocycles. The lowest BCUT2D eigenvalue weighted by Crippen LogP contribution is -2.43. The molecule has 6 heteroatoms. The van der Waals surface area contributed by atoms with Crippen LogP contribution in [0.2, 0.25) is 0 Å². The summed E-state index contributed by atoms with van der Waals surface area (Å²) in [5.74, 6) is -1.06. The molecule has 0 atom stereocenters. The molecule has 1 saturated heterocycles. The first-order valence-corrected chi connectivity index (χ1v) is 7.27. The van der Waals surface area contributed by atoms with Gasteiger partial charge >= 0.3 is 0 Å². The number of carbonyl (C=O) groups excluding carboxylic acids is 3. The number of imide groups is 1. The number of hydrogen-bond acceptors (Lipinski definition) is 4. The second kappa shape index (κ2) is 5.63. The van der Waals surface area contributed by atoms with Gasteiger partial charge in [-0.2, -0.15) is 0 Å². The number of amides is 3. The van der Waals surface area contributed by atoms with Crippen molar-refractivity contribution in [3.05, 3.63) is 29.6 Å². The molecule has 1 aromatic rings. The molecule has 3 amide bonds. The number of likely N-dealkylation sites (tertiary alicyclic amines) is 1. The molecular weight excluding hydrogens is 270 g/mol. The van der Waals surface area contributed by atoms with Crippen LogP contribution in [0.25, 0.3) is 0 Å². The van der Waals surface area contributed by atoms with Crippen LogP contribution in [0, 0.1) is 0 Å². The summed E-state index contributed by atoms with van der Waals surface area (Å²) in [6, 6.07) is 3.18. The summed E-state index contributed by atoms with van der Waals surface area (Å²) in [4.78, 5) is 43.4. The van der Waals surface area contributed by atoms with Gasteiger partial charge < -0.3 is 4.90 Å². The van der Waals surface area contributed by atoms with Crippen LogP contribution < -0.4 is 0 Å². The van der Waals surface area contributed by atoms with Gasteiger partial charge in [0.25, 0.3) is 11.8 Å². The maximum Gasteiger partial charge on any atom is 0.280 e. The predicted molar refractivity (Wildman–Crippen MR) is 74.7 cm³/mol. The minimum atomic E-state index is -0.473. The fourth-order valence-electron chi connectivity index (χ4n) is 2.81. The van der Waals surface area contributed by atoms with Crippen LogP contribution in [0.3, 0.4) is 0 Å². The van der Waals surface area contributed by atoms with Crippen LogP contribution in [0.1, 0.15) is 46.5 Å². The minimum absolute atomic E-state index is 0.145. The molecule has 0 saturated carbocycles. The highest BCUT2D eigenvalue weighted by atomic mass is 16.2. The molecule has 0 unspecified atom stereocenters. The largest absolute Gasteiger partial charge is 0.341 e. The topological polar surface area (TPSA) is 70.6 Å². The third-order valence-electron chi connectivity index (χ3n) is 3.98. The first-order chi connectivity index (χ1) is 10.2. The smallest absolute Gasteiger partial charge is 0.280 e. The third-order valence-corrected chi connectivity index (χ3v) is 3.98. The summed E-state index contributed by atoms with van der Waals surface area (Å²) in [6.45, 7) is 1.23. The van der Waals surface area contributed by atoms with Gasteiger partial charge in [0.15, 0.2) is 0 Å². The van der Waals surface area contributed by atoms with Gasteiger partial charge in [0.1, 0.15) is 12.2 Å². The van der Waals surface area contributed by atoms with E-state index >= 15 is 0 Å². The van der Waals surface area contributed by atoms with E-state index < -0.39 is 11.8 Å². The van der Waals surface area contributed by atoms with Crippen LogP contribution >= 0.6 is 0 Å². The van der Waals surface area contributed by atoms with Gasteiger partial charge in [-0.1, -0.05) is 12.8 Å². The van der Waals surface area contributed by atoms with Crippen molar-refractivity contribution in [3.8, 4) is 0 Å². The Kier molecular flexibility index (Phi) is 3.68. The highest BCUT2D eigenvalue weighted by molar-refractivity contribution is 6.21. The molecule has 3 heterocycles. The Labute approximate surface area is 122 Å². The van der Waals surface area contributed by atoms with Crippen molar-refractivity contribution in [3.63, 3.8) is 0 Å². The molecule has 0 radical (unpaired) electrons. The number of aromatic nitrogens is 1. The fraction of sp³-hybridized carbons (Fsp3) is 0.467. The van der Waals surface area contributed by atoms with Gasteiger partial charge in [0.05, 0.1) is 5.56 Å². The fourth-order valence-corrected chi connectivity index (χ4v) is 2.81. The van der Waals surface area contributed by atoms with Crippen LogP contribution in [0.15, 0.2) is 18.3 Å². The predicted octanol–water partition coefficient (Wildman–Crippen LogP) is 1.08. The van der Waals surface area contributed by atoms with E-state index in [0.717, 1.165) is 30.6 Å². The number of nitrogens with zero attached hydrogens (tertiary/aromatic N) is 3. The lowest BCUT2D eigenvalue weighted by Gasteiger charge is -2.22. The number of rotatable bonds is 2. The van der Waals surface area contributed by atoms with E-state index in [1.807, 2.05) is 0 Å². The Morgan fingerprint density at radius 2 is 1.81 bits per heavy atom. The van der Waals surface area contributed by atoms with E-state index in [1.54, 1.807) is 17.0 Å². The average molecular weight is 287 g/mol. The first-order valence-electron chi connectivity index (χ1n) is 7.27. The summed E-state index contributed by atoms with van der Waals surface area (Å²) in [6.07, 6.45) is 5.69. The second-order valence-corrected chi connectivity index (χ2v) is 5.39. The van der Waals surface area contributed by atoms with Crippen molar-refractivity contribution in [2.24, 2.45) is 0 Å². The number of fused-ring (bicyclic) bond motifs is 1. The van der Waals surface area contributed by atoms with Gasteiger partial charge in [-0.25, -0.2) is 0 Å². The lowest BCUT2D eigenvalue weighted by atomic mass is 10.2. The van der Waals surface area contributed by atoms with Gasteiger partial charge in [-0.15, -0.1) is 0 Å².